The summed E-state index contributed by atoms with van der Waals surface area (Å²) in [7, 11) is 0. The average Bonchev–Trinajstić information content (AvgIpc) is 3.18. The molecule has 1 amide bonds. The van der Waals surface area contributed by atoms with E-state index in [9.17, 15) is 4.79 Å². The zero-order valence-electron chi connectivity index (χ0n) is 18.8. The maximum absolute atomic E-state index is 13.2. The molecule has 0 fully saturated rings. The van der Waals surface area contributed by atoms with Crippen molar-refractivity contribution in [3.05, 3.63) is 64.7 Å². The lowest BCUT2D eigenvalue weighted by Crippen LogP contribution is -2.38. The van der Waals surface area contributed by atoms with Crippen LogP contribution in [0.5, 0.6) is 5.75 Å². The van der Waals surface area contributed by atoms with Crippen molar-refractivity contribution in [1.82, 2.24) is 9.91 Å². The molecule has 0 N–H and O–H groups in total. The number of hydrogen-bond donors (Lipinski definition) is 0. The van der Waals surface area contributed by atoms with Gasteiger partial charge >= 0.3 is 0 Å². The van der Waals surface area contributed by atoms with Crippen LogP contribution in [0.25, 0.3) is 0 Å². The fourth-order valence-electron chi connectivity index (χ4n) is 3.96. The third-order valence-electron chi connectivity index (χ3n) is 5.69. The molecule has 0 radical (unpaired) electrons. The van der Waals surface area contributed by atoms with Crippen LogP contribution < -0.4 is 4.74 Å². The van der Waals surface area contributed by atoms with Gasteiger partial charge in [-0.05, 0) is 57.1 Å². The SMILES string of the molecule is CCOc1ccc([C@@H]2CC(c3ccc(C)cc3C)=NN2C(=O)CN(CC)CC)cc1. The minimum atomic E-state index is -0.0977. The van der Waals surface area contributed by atoms with Gasteiger partial charge in [0.15, 0.2) is 0 Å². The highest BCUT2D eigenvalue weighted by molar-refractivity contribution is 6.04. The Kier molecular flexibility index (Phi) is 7.27. The molecule has 5 nitrogen and oxygen atoms in total. The van der Waals surface area contributed by atoms with Gasteiger partial charge in [-0.1, -0.05) is 49.7 Å². The first kappa shape index (κ1) is 22.0. The number of ether oxygens (including phenoxy) is 1. The van der Waals surface area contributed by atoms with Gasteiger partial charge in [0.25, 0.3) is 5.91 Å². The number of carbonyl (C=O) groups excluding carboxylic acids is 1. The average molecular weight is 408 g/mol. The number of carbonyl (C=O) groups is 1. The van der Waals surface area contributed by atoms with E-state index in [0.717, 1.165) is 35.7 Å². The first-order chi connectivity index (χ1) is 14.5. The minimum absolute atomic E-state index is 0.0392. The molecule has 2 aromatic carbocycles. The quantitative estimate of drug-likeness (QED) is 0.636. The summed E-state index contributed by atoms with van der Waals surface area (Å²) in [6.45, 7) is 13.0. The summed E-state index contributed by atoms with van der Waals surface area (Å²) in [5, 5.41) is 6.53. The van der Waals surface area contributed by atoms with Crippen molar-refractivity contribution in [3.8, 4) is 5.75 Å². The Morgan fingerprint density at radius 1 is 1.10 bits per heavy atom. The zero-order valence-corrected chi connectivity index (χ0v) is 18.8. The Morgan fingerprint density at radius 2 is 1.80 bits per heavy atom. The van der Waals surface area contributed by atoms with Crippen molar-refractivity contribution in [2.75, 3.05) is 26.2 Å². The van der Waals surface area contributed by atoms with Crippen LogP contribution in [0.3, 0.4) is 0 Å². The van der Waals surface area contributed by atoms with E-state index in [0.29, 0.717) is 19.6 Å². The lowest BCUT2D eigenvalue weighted by Gasteiger charge is -2.25. The van der Waals surface area contributed by atoms with Crippen molar-refractivity contribution in [1.29, 1.82) is 0 Å². The molecule has 0 aromatic heterocycles. The van der Waals surface area contributed by atoms with Gasteiger partial charge in [0.2, 0.25) is 0 Å². The molecule has 1 heterocycles. The van der Waals surface area contributed by atoms with E-state index in [-0.39, 0.29) is 11.9 Å². The summed E-state index contributed by atoms with van der Waals surface area (Å²) in [5.41, 5.74) is 5.59. The largest absolute Gasteiger partial charge is 0.494 e. The highest BCUT2D eigenvalue weighted by Crippen LogP contribution is 2.34. The molecule has 30 heavy (non-hydrogen) atoms. The van der Waals surface area contributed by atoms with E-state index in [1.807, 2.05) is 31.2 Å². The maximum atomic E-state index is 13.2. The van der Waals surface area contributed by atoms with Crippen LogP contribution in [0.1, 0.15) is 55.5 Å². The van der Waals surface area contributed by atoms with Gasteiger partial charge in [-0.3, -0.25) is 9.69 Å². The van der Waals surface area contributed by atoms with Crippen LogP contribution in [0.4, 0.5) is 0 Å². The smallest absolute Gasteiger partial charge is 0.257 e. The Balaban J connectivity index is 1.92. The molecule has 1 aliphatic heterocycles. The van der Waals surface area contributed by atoms with Crippen LogP contribution in [0.15, 0.2) is 47.6 Å². The molecular weight excluding hydrogens is 374 g/mol. The molecule has 1 atom stereocenters. The minimum Gasteiger partial charge on any atom is -0.494 e. The fourth-order valence-corrected chi connectivity index (χ4v) is 3.96. The Bertz CT molecular complexity index is 901. The summed E-state index contributed by atoms with van der Waals surface area (Å²) in [5.74, 6) is 0.883. The number of benzene rings is 2. The Hall–Kier alpha value is -2.66. The van der Waals surface area contributed by atoms with Crippen molar-refractivity contribution >= 4 is 11.6 Å². The van der Waals surface area contributed by atoms with E-state index in [1.165, 1.54) is 11.1 Å². The molecule has 0 spiro atoms. The molecule has 0 saturated heterocycles. The van der Waals surface area contributed by atoms with E-state index in [1.54, 1.807) is 5.01 Å². The number of nitrogens with zero attached hydrogens (tertiary/aromatic N) is 3. The van der Waals surface area contributed by atoms with Crippen molar-refractivity contribution in [2.45, 2.75) is 47.1 Å². The van der Waals surface area contributed by atoms with Gasteiger partial charge in [0, 0.05) is 12.0 Å². The van der Waals surface area contributed by atoms with Gasteiger partial charge in [0.1, 0.15) is 5.75 Å². The molecule has 1 aliphatic rings. The summed E-state index contributed by atoms with van der Waals surface area (Å²) >= 11 is 0. The van der Waals surface area contributed by atoms with Crippen molar-refractivity contribution < 1.29 is 9.53 Å². The van der Waals surface area contributed by atoms with Crippen LogP contribution in [0.2, 0.25) is 0 Å². The second-order valence-corrected chi connectivity index (χ2v) is 7.79. The number of likely N-dealkylation sites (N-methyl/N-ethyl adjacent to an activating group) is 1. The molecule has 0 saturated carbocycles. The lowest BCUT2D eigenvalue weighted by molar-refractivity contribution is -0.134. The molecule has 0 bridgehead atoms. The van der Waals surface area contributed by atoms with Gasteiger partial charge in [-0.15, -0.1) is 0 Å². The zero-order chi connectivity index (χ0) is 21.7. The Morgan fingerprint density at radius 3 is 2.40 bits per heavy atom. The number of hydrogen-bond acceptors (Lipinski definition) is 4. The number of rotatable bonds is 8. The lowest BCUT2D eigenvalue weighted by atomic mass is 9.95. The molecular formula is C25H33N3O2. The van der Waals surface area contributed by atoms with Crippen molar-refractivity contribution in [3.63, 3.8) is 0 Å². The summed E-state index contributed by atoms with van der Waals surface area (Å²) in [6.07, 6.45) is 0.710. The number of aryl methyl sites for hydroxylation is 2. The Labute approximate surface area is 180 Å². The number of hydrazone groups is 1. The van der Waals surface area contributed by atoms with E-state index >= 15 is 0 Å². The topological polar surface area (TPSA) is 45.1 Å². The van der Waals surface area contributed by atoms with Crippen LogP contribution >= 0.6 is 0 Å². The molecule has 3 rings (SSSR count). The third kappa shape index (κ3) is 4.90. The van der Waals surface area contributed by atoms with E-state index in [2.05, 4.69) is 50.8 Å². The van der Waals surface area contributed by atoms with Crippen LogP contribution in [-0.4, -0.2) is 47.8 Å². The highest BCUT2D eigenvalue weighted by Gasteiger charge is 2.33. The fraction of sp³-hybridized carbons (Fsp3) is 0.440. The predicted octanol–water partition coefficient (Wildman–Crippen LogP) is 4.72. The summed E-state index contributed by atoms with van der Waals surface area (Å²) < 4.78 is 5.58. The predicted molar refractivity (Wildman–Crippen MR) is 122 cm³/mol. The normalized spacial score (nSPS) is 16.1. The van der Waals surface area contributed by atoms with Crippen LogP contribution in [-0.2, 0) is 4.79 Å². The number of amides is 1. The first-order valence-corrected chi connectivity index (χ1v) is 10.9. The van der Waals surface area contributed by atoms with Gasteiger partial charge in [0.05, 0.1) is 24.9 Å². The second-order valence-electron chi connectivity index (χ2n) is 7.79. The first-order valence-electron chi connectivity index (χ1n) is 10.9. The molecule has 2 aromatic rings. The van der Waals surface area contributed by atoms with Gasteiger partial charge < -0.3 is 4.74 Å². The van der Waals surface area contributed by atoms with E-state index < -0.39 is 0 Å². The molecule has 5 heteroatoms. The molecule has 0 aliphatic carbocycles. The standard InChI is InChI=1S/C25H33N3O2/c1-6-27(7-2)17-25(29)28-24(20-10-12-21(13-11-20)30-8-3)16-23(26-28)22-14-9-18(4)15-19(22)5/h9-15,24H,6-8,16-17H2,1-5H3/t24-/m0/s1. The van der Waals surface area contributed by atoms with E-state index in [4.69, 9.17) is 9.84 Å². The van der Waals surface area contributed by atoms with Crippen LogP contribution in [0, 0.1) is 13.8 Å². The highest BCUT2D eigenvalue weighted by atomic mass is 16.5. The molecule has 160 valence electrons. The maximum Gasteiger partial charge on any atom is 0.257 e. The summed E-state index contributed by atoms with van der Waals surface area (Å²) in [6, 6.07) is 14.3. The van der Waals surface area contributed by atoms with Gasteiger partial charge in [-0.2, -0.15) is 5.10 Å². The van der Waals surface area contributed by atoms with Gasteiger partial charge in [-0.25, -0.2) is 5.01 Å². The van der Waals surface area contributed by atoms with Crippen molar-refractivity contribution in [2.24, 2.45) is 5.10 Å². The second kappa shape index (κ2) is 9.90. The third-order valence-corrected chi connectivity index (χ3v) is 5.69. The summed E-state index contributed by atoms with van der Waals surface area (Å²) in [4.78, 5) is 15.3. The molecule has 0 unspecified atom stereocenters. The monoisotopic (exact) mass is 407 g/mol.